The predicted molar refractivity (Wildman–Crippen MR) is 73.8 cm³/mol. The maximum absolute atomic E-state index is 11.9. The smallest absolute Gasteiger partial charge is 0.341 e. The Balaban J connectivity index is 2.54. The van der Waals surface area contributed by atoms with Crippen LogP contribution in [0.4, 0.5) is 0 Å². The lowest BCUT2D eigenvalue weighted by molar-refractivity contribution is 0.0601. The van der Waals surface area contributed by atoms with Gasteiger partial charge in [-0.3, -0.25) is 4.40 Å². The summed E-state index contributed by atoms with van der Waals surface area (Å²) in [7, 11) is 1.36. The van der Waals surface area contributed by atoms with Crippen molar-refractivity contribution in [3.8, 4) is 0 Å². The first kappa shape index (κ1) is 12.0. The molecule has 0 fully saturated rings. The third-order valence-electron chi connectivity index (χ3n) is 3.12. The topological polar surface area (TPSA) is 43.6 Å². The first-order chi connectivity index (χ1) is 9.13. The Morgan fingerprint density at radius 3 is 2.84 bits per heavy atom. The first-order valence-corrected chi connectivity index (χ1v) is 6.16. The van der Waals surface area contributed by atoms with Crippen LogP contribution < -0.4 is 0 Å². The van der Waals surface area contributed by atoms with Gasteiger partial charge in [-0.2, -0.15) is 0 Å². The summed E-state index contributed by atoms with van der Waals surface area (Å²) >= 11 is 6.27. The van der Waals surface area contributed by atoms with E-state index in [1.54, 1.807) is 10.5 Å². The van der Waals surface area contributed by atoms with Crippen LogP contribution in [0.25, 0.3) is 16.7 Å². The van der Waals surface area contributed by atoms with E-state index in [0.717, 1.165) is 16.6 Å². The van der Waals surface area contributed by atoms with E-state index >= 15 is 0 Å². The van der Waals surface area contributed by atoms with E-state index < -0.39 is 5.97 Å². The normalized spacial score (nSPS) is 11.1. The molecule has 0 aliphatic rings. The molecular formula is C14H11ClN2O2. The molecule has 0 unspecified atom stereocenters. The van der Waals surface area contributed by atoms with Crippen molar-refractivity contribution in [2.75, 3.05) is 7.11 Å². The SMILES string of the molecule is COC(=O)c1c(C)cc(Cl)n2c1nc1ccccc12. The average molecular weight is 275 g/mol. The molecule has 0 saturated carbocycles. The molecule has 0 radical (unpaired) electrons. The van der Waals surface area contributed by atoms with Gasteiger partial charge >= 0.3 is 5.97 Å². The highest BCUT2D eigenvalue weighted by atomic mass is 35.5. The van der Waals surface area contributed by atoms with Gasteiger partial charge in [-0.15, -0.1) is 0 Å². The molecule has 2 heterocycles. The lowest BCUT2D eigenvalue weighted by atomic mass is 10.1. The second kappa shape index (κ2) is 4.24. The van der Waals surface area contributed by atoms with Crippen molar-refractivity contribution >= 4 is 34.3 Å². The molecule has 0 spiro atoms. The molecule has 0 aliphatic heterocycles. The summed E-state index contributed by atoms with van der Waals surface area (Å²) in [4.78, 5) is 16.4. The Morgan fingerprint density at radius 2 is 2.11 bits per heavy atom. The quantitative estimate of drug-likeness (QED) is 0.505. The molecule has 4 nitrogen and oxygen atoms in total. The summed E-state index contributed by atoms with van der Waals surface area (Å²) in [6.45, 7) is 1.82. The van der Waals surface area contributed by atoms with Crippen LogP contribution in [0.3, 0.4) is 0 Å². The van der Waals surface area contributed by atoms with Crippen LogP contribution in [-0.4, -0.2) is 22.5 Å². The molecule has 0 aliphatic carbocycles. The number of halogens is 1. The highest BCUT2D eigenvalue weighted by Crippen LogP contribution is 2.27. The number of carbonyl (C=O) groups excluding carboxylic acids is 1. The number of carbonyl (C=O) groups is 1. The minimum atomic E-state index is -0.408. The van der Waals surface area contributed by atoms with Crippen LogP contribution >= 0.6 is 11.6 Å². The van der Waals surface area contributed by atoms with Crippen molar-refractivity contribution in [1.82, 2.24) is 9.38 Å². The number of hydrogen-bond donors (Lipinski definition) is 0. The summed E-state index contributed by atoms with van der Waals surface area (Å²) in [5, 5.41) is 0.522. The molecule has 0 atom stereocenters. The second-order valence-electron chi connectivity index (χ2n) is 4.28. The van der Waals surface area contributed by atoms with Gasteiger partial charge in [-0.25, -0.2) is 9.78 Å². The number of fused-ring (bicyclic) bond motifs is 3. The average Bonchev–Trinajstić information content (AvgIpc) is 2.77. The van der Waals surface area contributed by atoms with Crippen LogP contribution in [0.2, 0.25) is 5.15 Å². The van der Waals surface area contributed by atoms with E-state index in [1.165, 1.54) is 7.11 Å². The van der Waals surface area contributed by atoms with E-state index in [4.69, 9.17) is 16.3 Å². The van der Waals surface area contributed by atoms with Crippen molar-refractivity contribution in [2.24, 2.45) is 0 Å². The standard InChI is InChI=1S/C14H11ClN2O2/c1-8-7-11(15)17-10-6-4-3-5-9(10)16-13(17)12(8)14(18)19-2/h3-7H,1-2H3. The molecule has 0 saturated heterocycles. The summed E-state index contributed by atoms with van der Waals surface area (Å²) in [5.41, 5.74) is 3.38. The fourth-order valence-corrected chi connectivity index (χ4v) is 2.59. The van der Waals surface area contributed by atoms with E-state index in [9.17, 15) is 4.79 Å². The van der Waals surface area contributed by atoms with Crippen molar-refractivity contribution in [1.29, 1.82) is 0 Å². The molecule has 96 valence electrons. The Hall–Kier alpha value is -2.07. The van der Waals surface area contributed by atoms with E-state index in [2.05, 4.69) is 4.98 Å². The molecule has 1 aromatic carbocycles. The lowest BCUT2D eigenvalue weighted by Gasteiger charge is -2.07. The van der Waals surface area contributed by atoms with Gasteiger partial charge in [0, 0.05) is 0 Å². The molecule has 5 heteroatoms. The number of benzene rings is 1. The van der Waals surface area contributed by atoms with Gasteiger partial charge < -0.3 is 4.74 Å². The second-order valence-corrected chi connectivity index (χ2v) is 4.66. The summed E-state index contributed by atoms with van der Waals surface area (Å²) in [6, 6.07) is 9.35. The van der Waals surface area contributed by atoms with Gasteiger partial charge in [0.25, 0.3) is 0 Å². The van der Waals surface area contributed by atoms with Crippen LogP contribution in [0.1, 0.15) is 15.9 Å². The zero-order valence-corrected chi connectivity index (χ0v) is 11.2. The number of para-hydroxylation sites is 2. The maximum atomic E-state index is 11.9. The molecule has 0 amide bonds. The van der Waals surface area contributed by atoms with Gasteiger partial charge in [0.15, 0.2) is 5.65 Å². The zero-order chi connectivity index (χ0) is 13.6. The molecule has 3 rings (SSSR count). The minimum absolute atomic E-state index is 0.408. The number of ether oxygens (including phenoxy) is 1. The number of esters is 1. The molecular weight excluding hydrogens is 264 g/mol. The van der Waals surface area contributed by atoms with Crippen molar-refractivity contribution in [2.45, 2.75) is 6.92 Å². The molecule has 0 N–H and O–H groups in total. The van der Waals surface area contributed by atoms with Gasteiger partial charge in [0.1, 0.15) is 10.7 Å². The van der Waals surface area contributed by atoms with Crippen LogP contribution in [0, 0.1) is 6.92 Å². The van der Waals surface area contributed by atoms with Gasteiger partial charge in [0.05, 0.1) is 18.1 Å². The van der Waals surface area contributed by atoms with Gasteiger partial charge in [-0.05, 0) is 30.7 Å². The Morgan fingerprint density at radius 1 is 1.37 bits per heavy atom. The largest absolute Gasteiger partial charge is 0.465 e. The zero-order valence-electron chi connectivity index (χ0n) is 10.5. The number of nitrogens with zero attached hydrogens (tertiary/aromatic N) is 2. The highest BCUT2D eigenvalue weighted by Gasteiger charge is 2.19. The highest BCUT2D eigenvalue weighted by molar-refractivity contribution is 6.30. The van der Waals surface area contributed by atoms with Crippen LogP contribution in [0.5, 0.6) is 0 Å². The van der Waals surface area contributed by atoms with E-state index in [1.807, 2.05) is 31.2 Å². The molecule has 3 aromatic rings. The molecule has 2 aromatic heterocycles. The minimum Gasteiger partial charge on any atom is -0.465 e. The van der Waals surface area contributed by atoms with E-state index in [-0.39, 0.29) is 0 Å². The Bertz CT molecular complexity index is 808. The number of rotatable bonds is 1. The van der Waals surface area contributed by atoms with Gasteiger partial charge in [-0.1, -0.05) is 23.7 Å². The van der Waals surface area contributed by atoms with Crippen LogP contribution in [-0.2, 0) is 4.74 Å². The maximum Gasteiger partial charge on any atom is 0.341 e. The third kappa shape index (κ3) is 1.68. The van der Waals surface area contributed by atoms with Crippen molar-refractivity contribution in [3.63, 3.8) is 0 Å². The van der Waals surface area contributed by atoms with Gasteiger partial charge in [0.2, 0.25) is 0 Å². The molecule has 0 bridgehead atoms. The lowest BCUT2D eigenvalue weighted by Crippen LogP contribution is -2.07. The predicted octanol–water partition coefficient (Wildman–Crippen LogP) is 3.24. The van der Waals surface area contributed by atoms with Crippen LogP contribution in [0.15, 0.2) is 30.3 Å². The Kier molecular flexibility index (Phi) is 2.68. The van der Waals surface area contributed by atoms with E-state index in [0.29, 0.717) is 16.4 Å². The number of imidazole rings is 1. The number of methoxy groups -OCH3 is 1. The number of pyridine rings is 1. The first-order valence-electron chi connectivity index (χ1n) is 5.78. The van der Waals surface area contributed by atoms with Crippen molar-refractivity contribution in [3.05, 3.63) is 46.6 Å². The Labute approximate surface area is 114 Å². The summed E-state index contributed by atoms with van der Waals surface area (Å²) in [5.74, 6) is -0.408. The monoisotopic (exact) mass is 274 g/mol. The van der Waals surface area contributed by atoms with Crippen molar-refractivity contribution < 1.29 is 9.53 Å². The summed E-state index contributed by atoms with van der Waals surface area (Å²) in [6.07, 6.45) is 0. The third-order valence-corrected chi connectivity index (χ3v) is 3.40. The summed E-state index contributed by atoms with van der Waals surface area (Å²) < 4.78 is 6.59. The molecule has 19 heavy (non-hydrogen) atoms. The number of aryl methyl sites for hydroxylation is 1. The number of aromatic nitrogens is 2. The number of hydrogen-bond acceptors (Lipinski definition) is 3. The fraction of sp³-hybridized carbons (Fsp3) is 0.143. The fourth-order valence-electron chi connectivity index (χ4n) is 2.26.